The molecule has 3 rings (SSSR count). The molecular weight excluding hydrogens is 413 g/mol. The molecule has 0 atom stereocenters. The molecule has 8 heteroatoms. The number of nitrogens with zero attached hydrogens (tertiary/aromatic N) is 2. The predicted octanol–water partition coefficient (Wildman–Crippen LogP) is 4.81. The number of hydrogen-bond acceptors (Lipinski definition) is 3. The van der Waals surface area contributed by atoms with E-state index in [0.717, 1.165) is 11.1 Å². The summed E-state index contributed by atoms with van der Waals surface area (Å²) < 4.78 is 46.1. The van der Waals surface area contributed by atoms with Crippen molar-refractivity contribution < 1.29 is 22.7 Å². The maximum absolute atomic E-state index is 13.4. The first kappa shape index (κ1) is 18.2. The van der Waals surface area contributed by atoms with Crippen molar-refractivity contribution in [3.63, 3.8) is 0 Å². The molecule has 0 N–H and O–H groups in total. The number of rotatable bonds is 3. The standard InChI is InChI=1S/C18H12BrF3N2O2/c1-26-15-8-7-12(19)9-11(15)10-14-16(18(20,21)22)23-24(17(14)25)13-5-3-2-4-6-13/h2-10H,1H3/b14-10-. The van der Waals surface area contributed by atoms with Gasteiger partial charge in [0.1, 0.15) is 5.75 Å². The van der Waals surface area contributed by atoms with Crippen LogP contribution in [0.1, 0.15) is 5.56 Å². The summed E-state index contributed by atoms with van der Waals surface area (Å²) in [4.78, 5) is 12.6. The number of alkyl halides is 3. The molecule has 0 spiro atoms. The smallest absolute Gasteiger partial charge is 0.435 e. The normalized spacial score (nSPS) is 16.2. The van der Waals surface area contributed by atoms with Crippen LogP contribution >= 0.6 is 15.9 Å². The Morgan fingerprint density at radius 2 is 1.85 bits per heavy atom. The van der Waals surface area contributed by atoms with Gasteiger partial charge in [-0.05, 0) is 36.4 Å². The number of halogens is 4. The molecule has 1 aliphatic heterocycles. The fourth-order valence-corrected chi connectivity index (χ4v) is 2.85. The Labute approximate surface area is 155 Å². The van der Waals surface area contributed by atoms with Crippen molar-refractivity contribution in [3.8, 4) is 5.75 Å². The van der Waals surface area contributed by atoms with Crippen LogP contribution in [0.5, 0.6) is 5.75 Å². The molecule has 0 radical (unpaired) electrons. The second-order valence-electron chi connectivity index (χ2n) is 5.34. The highest BCUT2D eigenvalue weighted by Crippen LogP contribution is 2.34. The Kier molecular flexibility index (Phi) is 4.86. The van der Waals surface area contributed by atoms with Gasteiger partial charge in [0.05, 0.1) is 18.4 Å². The van der Waals surface area contributed by atoms with Crippen LogP contribution in [-0.4, -0.2) is 24.9 Å². The molecule has 2 aromatic rings. The third-order valence-electron chi connectivity index (χ3n) is 3.64. The van der Waals surface area contributed by atoms with Crippen molar-refractivity contribution in [1.82, 2.24) is 0 Å². The highest BCUT2D eigenvalue weighted by atomic mass is 79.9. The zero-order chi connectivity index (χ0) is 18.9. The van der Waals surface area contributed by atoms with Gasteiger partial charge in [-0.15, -0.1) is 0 Å². The lowest BCUT2D eigenvalue weighted by molar-refractivity contribution is -0.114. The number of methoxy groups -OCH3 is 1. The molecule has 4 nitrogen and oxygen atoms in total. The molecule has 0 unspecified atom stereocenters. The van der Waals surface area contributed by atoms with Crippen LogP contribution in [0, 0.1) is 0 Å². The quantitative estimate of drug-likeness (QED) is 0.663. The van der Waals surface area contributed by atoms with Crippen LogP contribution in [0.4, 0.5) is 18.9 Å². The third kappa shape index (κ3) is 3.50. The van der Waals surface area contributed by atoms with Gasteiger partial charge in [-0.3, -0.25) is 4.79 Å². The lowest BCUT2D eigenvalue weighted by atomic mass is 10.1. The monoisotopic (exact) mass is 424 g/mol. The van der Waals surface area contributed by atoms with Gasteiger partial charge >= 0.3 is 6.18 Å². The number of amides is 1. The summed E-state index contributed by atoms with van der Waals surface area (Å²) in [5.74, 6) is -0.515. The molecule has 0 saturated carbocycles. The van der Waals surface area contributed by atoms with E-state index in [2.05, 4.69) is 21.0 Å². The van der Waals surface area contributed by atoms with Gasteiger partial charge in [0, 0.05) is 10.0 Å². The predicted molar refractivity (Wildman–Crippen MR) is 96.1 cm³/mol. The molecule has 2 aromatic carbocycles. The zero-order valence-corrected chi connectivity index (χ0v) is 15.0. The van der Waals surface area contributed by atoms with Crippen molar-refractivity contribution in [3.05, 3.63) is 64.1 Å². The molecular formula is C18H12BrF3N2O2. The first-order valence-corrected chi connectivity index (χ1v) is 8.21. The maximum Gasteiger partial charge on any atom is 0.435 e. The lowest BCUT2D eigenvalue weighted by Crippen LogP contribution is -2.25. The highest BCUT2D eigenvalue weighted by molar-refractivity contribution is 9.10. The molecule has 0 aromatic heterocycles. The number of benzene rings is 2. The first-order chi connectivity index (χ1) is 12.3. The molecule has 0 saturated heterocycles. The van der Waals surface area contributed by atoms with Gasteiger partial charge in [-0.2, -0.15) is 23.3 Å². The molecule has 0 aliphatic carbocycles. The number of carbonyl (C=O) groups excluding carboxylic acids is 1. The van der Waals surface area contributed by atoms with Crippen molar-refractivity contribution >= 4 is 39.3 Å². The van der Waals surface area contributed by atoms with Crippen LogP contribution in [0.2, 0.25) is 0 Å². The Morgan fingerprint density at radius 1 is 1.15 bits per heavy atom. The second kappa shape index (κ2) is 6.95. The van der Waals surface area contributed by atoms with Crippen LogP contribution in [0.15, 0.2) is 63.7 Å². The van der Waals surface area contributed by atoms with Crippen LogP contribution in [0.3, 0.4) is 0 Å². The molecule has 1 amide bonds. The van der Waals surface area contributed by atoms with E-state index in [0.29, 0.717) is 15.8 Å². The first-order valence-electron chi connectivity index (χ1n) is 7.42. The molecule has 134 valence electrons. The zero-order valence-electron chi connectivity index (χ0n) is 13.4. The van der Waals surface area contributed by atoms with E-state index in [9.17, 15) is 18.0 Å². The third-order valence-corrected chi connectivity index (χ3v) is 4.13. The summed E-state index contributed by atoms with van der Waals surface area (Å²) in [5.41, 5.74) is -1.20. The summed E-state index contributed by atoms with van der Waals surface area (Å²) in [6, 6.07) is 12.8. The number of hydrazone groups is 1. The number of para-hydroxylation sites is 1. The Morgan fingerprint density at radius 3 is 2.46 bits per heavy atom. The van der Waals surface area contributed by atoms with Crippen molar-refractivity contribution in [2.75, 3.05) is 12.1 Å². The maximum atomic E-state index is 13.4. The van der Waals surface area contributed by atoms with E-state index in [4.69, 9.17) is 4.74 Å². The summed E-state index contributed by atoms with van der Waals surface area (Å²) >= 11 is 3.26. The van der Waals surface area contributed by atoms with Gasteiger partial charge in [0.2, 0.25) is 0 Å². The molecule has 26 heavy (non-hydrogen) atoms. The number of hydrogen-bond donors (Lipinski definition) is 0. The molecule has 1 heterocycles. The van der Waals surface area contributed by atoms with Crippen molar-refractivity contribution in [2.24, 2.45) is 5.10 Å². The summed E-state index contributed by atoms with van der Waals surface area (Å²) in [5, 5.41) is 4.27. The van der Waals surface area contributed by atoms with Crippen molar-refractivity contribution in [2.45, 2.75) is 6.18 Å². The van der Waals surface area contributed by atoms with Crippen LogP contribution in [0.25, 0.3) is 6.08 Å². The van der Waals surface area contributed by atoms with E-state index in [1.807, 2.05) is 0 Å². The molecule has 0 bridgehead atoms. The fourth-order valence-electron chi connectivity index (χ4n) is 2.47. The molecule has 0 fully saturated rings. The minimum Gasteiger partial charge on any atom is -0.496 e. The topological polar surface area (TPSA) is 41.9 Å². The summed E-state index contributed by atoms with van der Waals surface area (Å²) in [7, 11) is 1.40. The Balaban J connectivity index is 2.13. The van der Waals surface area contributed by atoms with E-state index < -0.39 is 23.4 Å². The van der Waals surface area contributed by atoms with Gasteiger partial charge < -0.3 is 4.74 Å². The van der Waals surface area contributed by atoms with Crippen LogP contribution < -0.4 is 9.75 Å². The van der Waals surface area contributed by atoms with Gasteiger partial charge in [-0.25, -0.2) is 0 Å². The fraction of sp³-hybridized carbons (Fsp3) is 0.111. The van der Waals surface area contributed by atoms with Crippen LogP contribution in [-0.2, 0) is 4.79 Å². The van der Waals surface area contributed by atoms with E-state index in [1.165, 1.54) is 19.2 Å². The van der Waals surface area contributed by atoms with Gasteiger partial charge in [-0.1, -0.05) is 34.1 Å². The van der Waals surface area contributed by atoms with E-state index in [-0.39, 0.29) is 5.69 Å². The lowest BCUT2D eigenvalue weighted by Gasteiger charge is -2.11. The average molecular weight is 425 g/mol. The Bertz CT molecular complexity index is 908. The number of carbonyl (C=O) groups is 1. The summed E-state index contributed by atoms with van der Waals surface area (Å²) in [6.07, 6.45) is -3.63. The van der Waals surface area contributed by atoms with Gasteiger partial charge in [0.15, 0.2) is 5.71 Å². The Hall–Kier alpha value is -2.61. The second-order valence-corrected chi connectivity index (χ2v) is 6.26. The number of ether oxygens (including phenoxy) is 1. The van der Waals surface area contributed by atoms with E-state index in [1.54, 1.807) is 36.4 Å². The van der Waals surface area contributed by atoms with E-state index >= 15 is 0 Å². The average Bonchev–Trinajstić information content (AvgIpc) is 2.93. The van der Waals surface area contributed by atoms with Crippen molar-refractivity contribution in [1.29, 1.82) is 0 Å². The largest absolute Gasteiger partial charge is 0.496 e. The highest BCUT2D eigenvalue weighted by Gasteiger charge is 2.46. The minimum atomic E-state index is -4.77. The summed E-state index contributed by atoms with van der Waals surface area (Å²) in [6.45, 7) is 0. The minimum absolute atomic E-state index is 0.254. The molecule has 1 aliphatic rings. The van der Waals surface area contributed by atoms with Gasteiger partial charge in [0.25, 0.3) is 5.91 Å². The number of anilines is 1. The SMILES string of the molecule is COc1ccc(Br)cc1/C=C1\C(=O)N(c2ccccc2)N=C1C(F)(F)F.